The summed E-state index contributed by atoms with van der Waals surface area (Å²) in [5, 5.41) is 14.6. The Balaban J connectivity index is 1.25. The highest BCUT2D eigenvalue weighted by Crippen LogP contribution is 2.50. The molecule has 2 aliphatic rings. The molecular formula is C27H31F7N4O3. The van der Waals surface area contributed by atoms with Gasteiger partial charge < -0.3 is 26.2 Å². The molecule has 226 valence electrons. The third kappa shape index (κ3) is 7.11. The molecule has 2 amide bonds. The normalized spacial score (nSPS) is 18.6. The maximum Gasteiger partial charge on any atom is 0.430 e. The van der Waals surface area contributed by atoms with Crippen LogP contribution in [0.15, 0.2) is 42.5 Å². The molecule has 2 saturated heterocycles. The van der Waals surface area contributed by atoms with Crippen molar-refractivity contribution in [2.24, 2.45) is 11.7 Å². The van der Waals surface area contributed by atoms with E-state index in [-0.39, 0.29) is 18.2 Å². The SMILES string of the molecule is NC1(CNC(=O)Nc2ccc(CC3CCN(Cc4ccc(C(O)(C(F)(F)F)C(F)(F)F)cc4)CC3)cc2F)COC1. The fourth-order valence-electron chi connectivity index (χ4n) is 4.96. The molecule has 0 aromatic heterocycles. The van der Waals surface area contributed by atoms with E-state index in [0.29, 0.717) is 57.0 Å². The lowest BCUT2D eigenvalue weighted by molar-refractivity contribution is -0.376. The average Bonchev–Trinajstić information content (AvgIpc) is 2.88. The highest BCUT2D eigenvalue weighted by atomic mass is 19.4. The van der Waals surface area contributed by atoms with Gasteiger partial charge in [-0.2, -0.15) is 26.3 Å². The van der Waals surface area contributed by atoms with E-state index >= 15 is 0 Å². The Bertz CT molecular complexity index is 1190. The Morgan fingerprint density at radius 3 is 2.10 bits per heavy atom. The van der Waals surface area contributed by atoms with Crippen LogP contribution in [0, 0.1) is 11.7 Å². The van der Waals surface area contributed by atoms with E-state index < -0.39 is 40.9 Å². The van der Waals surface area contributed by atoms with Crippen LogP contribution in [-0.2, 0) is 23.3 Å². The molecule has 0 bridgehead atoms. The summed E-state index contributed by atoms with van der Waals surface area (Å²) in [7, 11) is 0. The van der Waals surface area contributed by atoms with Crippen molar-refractivity contribution in [2.45, 2.75) is 49.3 Å². The number of carbonyl (C=O) groups excluding carboxylic acids is 1. The number of rotatable bonds is 8. The minimum atomic E-state index is -5.93. The number of alkyl halides is 6. The number of amides is 2. The second-order valence-electron chi connectivity index (χ2n) is 10.8. The first-order valence-electron chi connectivity index (χ1n) is 13.0. The van der Waals surface area contributed by atoms with Gasteiger partial charge in [-0.15, -0.1) is 0 Å². The van der Waals surface area contributed by atoms with E-state index in [1.54, 1.807) is 6.07 Å². The lowest BCUT2D eigenvalue weighted by Crippen LogP contribution is -2.63. The number of aliphatic hydroxyl groups is 1. The predicted molar refractivity (Wildman–Crippen MR) is 135 cm³/mol. The zero-order valence-electron chi connectivity index (χ0n) is 21.9. The Kier molecular flexibility index (Phi) is 8.88. The van der Waals surface area contributed by atoms with Crippen LogP contribution in [0.1, 0.15) is 29.5 Å². The molecule has 14 heteroatoms. The van der Waals surface area contributed by atoms with Crippen LogP contribution in [0.3, 0.4) is 0 Å². The molecule has 7 nitrogen and oxygen atoms in total. The van der Waals surface area contributed by atoms with Crippen LogP contribution in [0.4, 0.5) is 41.2 Å². The number of halogens is 7. The highest BCUT2D eigenvalue weighted by Gasteiger charge is 2.71. The number of urea groups is 1. The molecule has 4 rings (SSSR count). The number of nitrogens with zero attached hydrogens (tertiary/aromatic N) is 1. The highest BCUT2D eigenvalue weighted by molar-refractivity contribution is 5.89. The van der Waals surface area contributed by atoms with Crippen molar-refractivity contribution in [2.75, 3.05) is 38.2 Å². The van der Waals surface area contributed by atoms with Gasteiger partial charge in [0.25, 0.3) is 5.60 Å². The maximum atomic E-state index is 14.6. The fourth-order valence-corrected chi connectivity index (χ4v) is 4.96. The molecule has 2 aromatic rings. The zero-order chi connectivity index (χ0) is 30.1. The second kappa shape index (κ2) is 11.7. The lowest BCUT2D eigenvalue weighted by Gasteiger charge is -2.37. The van der Waals surface area contributed by atoms with Crippen molar-refractivity contribution in [1.29, 1.82) is 0 Å². The third-order valence-corrected chi connectivity index (χ3v) is 7.49. The van der Waals surface area contributed by atoms with E-state index in [0.717, 1.165) is 30.5 Å². The molecule has 41 heavy (non-hydrogen) atoms. The average molecular weight is 593 g/mol. The summed E-state index contributed by atoms with van der Waals surface area (Å²) in [6.45, 7) is 2.46. The first kappa shape index (κ1) is 31.0. The number of piperidine rings is 1. The molecule has 5 N–H and O–H groups in total. The molecule has 0 unspecified atom stereocenters. The molecule has 2 heterocycles. The minimum Gasteiger partial charge on any atom is -0.377 e. The summed E-state index contributed by atoms with van der Waals surface area (Å²) >= 11 is 0. The van der Waals surface area contributed by atoms with Crippen molar-refractivity contribution < 1.29 is 45.4 Å². The fraction of sp³-hybridized carbons (Fsp3) is 0.519. The number of anilines is 1. The summed E-state index contributed by atoms with van der Waals surface area (Å²) in [6, 6.07) is 7.63. The predicted octanol–water partition coefficient (Wildman–Crippen LogP) is 4.44. The van der Waals surface area contributed by atoms with E-state index in [1.807, 2.05) is 4.90 Å². The number of benzene rings is 2. The zero-order valence-corrected chi connectivity index (χ0v) is 21.9. The van der Waals surface area contributed by atoms with Crippen LogP contribution in [0.25, 0.3) is 0 Å². The van der Waals surface area contributed by atoms with Gasteiger partial charge in [-0.1, -0.05) is 30.3 Å². The molecule has 0 aliphatic carbocycles. The van der Waals surface area contributed by atoms with Gasteiger partial charge in [0.15, 0.2) is 0 Å². The number of likely N-dealkylation sites (tertiary alicyclic amines) is 1. The molecule has 2 aromatic carbocycles. The second-order valence-corrected chi connectivity index (χ2v) is 10.8. The van der Waals surface area contributed by atoms with Crippen LogP contribution in [0.5, 0.6) is 0 Å². The molecule has 2 aliphatic heterocycles. The van der Waals surface area contributed by atoms with Crippen LogP contribution in [-0.4, -0.2) is 66.8 Å². The monoisotopic (exact) mass is 592 g/mol. The first-order chi connectivity index (χ1) is 19.1. The van der Waals surface area contributed by atoms with Crippen LogP contribution < -0.4 is 16.4 Å². The third-order valence-electron chi connectivity index (χ3n) is 7.49. The minimum absolute atomic E-state index is 0.0342. The van der Waals surface area contributed by atoms with Crippen molar-refractivity contribution in [1.82, 2.24) is 10.2 Å². The van der Waals surface area contributed by atoms with Gasteiger partial charge in [0, 0.05) is 18.7 Å². The molecule has 0 radical (unpaired) electrons. The molecular weight excluding hydrogens is 561 g/mol. The van der Waals surface area contributed by atoms with Gasteiger partial charge in [0.1, 0.15) is 5.82 Å². The van der Waals surface area contributed by atoms with Gasteiger partial charge in [0.2, 0.25) is 0 Å². The largest absolute Gasteiger partial charge is 0.430 e. The topological polar surface area (TPSA) is 99.8 Å². The summed E-state index contributed by atoms with van der Waals surface area (Å²) in [5.74, 6) is -0.329. The number of nitrogens with one attached hydrogen (secondary N) is 2. The Morgan fingerprint density at radius 2 is 1.59 bits per heavy atom. The summed E-state index contributed by atoms with van der Waals surface area (Å²) < 4.78 is 98.2. The molecule has 0 spiro atoms. The van der Waals surface area contributed by atoms with Gasteiger partial charge in [0.05, 0.1) is 24.4 Å². The summed E-state index contributed by atoms with van der Waals surface area (Å²) in [6.07, 6.45) is -9.73. The van der Waals surface area contributed by atoms with Gasteiger partial charge in [-0.25, -0.2) is 9.18 Å². The van der Waals surface area contributed by atoms with Crippen LogP contribution in [0.2, 0.25) is 0 Å². The van der Waals surface area contributed by atoms with Crippen molar-refractivity contribution in [3.8, 4) is 0 Å². The van der Waals surface area contributed by atoms with Crippen molar-refractivity contribution in [3.05, 3.63) is 65.0 Å². The van der Waals surface area contributed by atoms with Crippen molar-refractivity contribution >= 4 is 11.7 Å². The molecule has 0 atom stereocenters. The van der Waals surface area contributed by atoms with E-state index in [2.05, 4.69) is 10.6 Å². The number of hydrogen-bond acceptors (Lipinski definition) is 5. The van der Waals surface area contributed by atoms with Gasteiger partial charge >= 0.3 is 18.4 Å². The van der Waals surface area contributed by atoms with Gasteiger partial charge in [-0.3, -0.25) is 4.90 Å². The number of hydrogen-bond donors (Lipinski definition) is 4. The van der Waals surface area contributed by atoms with Gasteiger partial charge in [-0.05, 0) is 61.5 Å². The lowest BCUT2D eigenvalue weighted by atomic mass is 9.89. The van der Waals surface area contributed by atoms with Crippen molar-refractivity contribution in [3.63, 3.8) is 0 Å². The molecule has 2 fully saturated rings. The van der Waals surface area contributed by atoms with E-state index in [9.17, 15) is 40.6 Å². The van der Waals surface area contributed by atoms with E-state index in [4.69, 9.17) is 10.5 Å². The Labute approximate surface area is 231 Å². The molecule has 0 saturated carbocycles. The standard InChI is InChI=1S/C27H31F7N4O3/c28-21-12-19(3-6-22(21)37-23(39)36-14-24(35)15-41-16-24)11-17-7-9-38(10-8-17)13-18-1-4-20(5-2-18)25(40,26(29,30)31)27(32,33)34/h1-6,12,17,40H,7-11,13-16,35H2,(H2,36,37,39). The van der Waals surface area contributed by atoms with E-state index in [1.165, 1.54) is 12.1 Å². The number of nitrogens with two attached hydrogens (primary N) is 1. The number of ether oxygens (including phenoxy) is 1. The van der Waals surface area contributed by atoms with Crippen LogP contribution >= 0.6 is 0 Å². The smallest absolute Gasteiger partial charge is 0.377 e. The Morgan fingerprint density at radius 1 is 1.00 bits per heavy atom. The summed E-state index contributed by atoms with van der Waals surface area (Å²) in [4.78, 5) is 14.1. The summed E-state index contributed by atoms with van der Waals surface area (Å²) in [5.41, 5.74) is 0.411. The quantitative estimate of drug-likeness (QED) is 0.340. The first-order valence-corrected chi connectivity index (χ1v) is 13.0. The maximum absolute atomic E-state index is 14.6. The Hall–Kier alpha value is -2.94. The number of carbonyl (C=O) groups is 1.